The minimum Gasteiger partial charge on any atom is -0.396 e. The zero-order valence-electron chi connectivity index (χ0n) is 8.57. The number of fused-ring (bicyclic) bond motifs is 1. The number of hydrogen-bond donors (Lipinski definition) is 1. The fraction of sp³-hybridized carbons (Fsp3) is 0.111. The summed E-state index contributed by atoms with van der Waals surface area (Å²) in [4.78, 5) is 8.33. The molecule has 3 rings (SSSR count). The van der Waals surface area contributed by atoms with E-state index in [0.717, 1.165) is 11.0 Å². The van der Waals surface area contributed by atoms with E-state index < -0.39 is 0 Å². The highest BCUT2D eigenvalue weighted by molar-refractivity contribution is 5.81. The molecule has 0 spiro atoms. The van der Waals surface area contributed by atoms with Crippen LogP contribution in [0.25, 0.3) is 16.9 Å². The molecule has 0 aliphatic heterocycles. The molecule has 80 valence electrons. The predicted octanol–water partition coefficient (Wildman–Crippen LogP) is 0.131. The third-order valence-electron chi connectivity index (χ3n) is 2.33. The Bertz CT molecular complexity index is 651. The third kappa shape index (κ3) is 1.14. The number of hydrogen-bond acceptors (Lipinski definition) is 5. The van der Waals surface area contributed by atoms with Crippen LogP contribution in [0.1, 0.15) is 0 Å². The monoisotopic (exact) mass is 215 g/mol. The summed E-state index contributed by atoms with van der Waals surface area (Å²) in [6.45, 7) is 0. The van der Waals surface area contributed by atoms with Crippen LogP contribution in [0.4, 0.5) is 5.69 Å². The van der Waals surface area contributed by atoms with Crippen LogP contribution < -0.4 is 5.73 Å². The van der Waals surface area contributed by atoms with Crippen LogP contribution in [0.2, 0.25) is 0 Å². The molecule has 0 fully saturated rings. The van der Waals surface area contributed by atoms with Crippen molar-refractivity contribution in [2.24, 2.45) is 7.05 Å². The van der Waals surface area contributed by atoms with E-state index in [4.69, 9.17) is 5.73 Å². The Balaban J connectivity index is 2.31. The Morgan fingerprint density at radius 1 is 1.19 bits per heavy atom. The molecule has 0 aliphatic rings. The van der Waals surface area contributed by atoms with Gasteiger partial charge in [-0.2, -0.15) is 10.2 Å². The van der Waals surface area contributed by atoms with Gasteiger partial charge in [0.1, 0.15) is 6.33 Å². The summed E-state index contributed by atoms with van der Waals surface area (Å²) in [6, 6.07) is 0. The van der Waals surface area contributed by atoms with Gasteiger partial charge in [-0.15, -0.1) is 0 Å². The average Bonchev–Trinajstić information content (AvgIpc) is 2.86. The normalized spacial score (nSPS) is 11.1. The van der Waals surface area contributed by atoms with E-state index in [1.807, 2.05) is 7.05 Å². The lowest BCUT2D eigenvalue weighted by atomic mass is 10.4. The Hall–Kier alpha value is -2.44. The molecule has 0 saturated heterocycles. The Morgan fingerprint density at radius 3 is 2.81 bits per heavy atom. The summed E-state index contributed by atoms with van der Waals surface area (Å²) in [5.74, 6) is 0.676. The number of nitrogen functional groups attached to an aromatic ring is 1. The van der Waals surface area contributed by atoms with Crippen molar-refractivity contribution in [1.29, 1.82) is 0 Å². The zero-order chi connectivity index (χ0) is 11.1. The molecule has 0 amide bonds. The Labute approximate surface area is 90.5 Å². The molecule has 0 atom stereocenters. The SMILES string of the molecule is Cn1ncc2c(-n3cc(N)cn3)ncnc21. The van der Waals surface area contributed by atoms with Gasteiger partial charge in [-0.3, -0.25) is 4.68 Å². The molecule has 0 unspecified atom stereocenters. The first kappa shape index (κ1) is 8.84. The van der Waals surface area contributed by atoms with E-state index in [1.165, 1.54) is 6.33 Å². The van der Waals surface area contributed by atoms with Crippen molar-refractivity contribution in [2.75, 3.05) is 5.73 Å². The molecule has 0 aromatic carbocycles. The largest absolute Gasteiger partial charge is 0.396 e. The van der Waals surface area contributed by atoms with Gasteiger partial charge in [0.2, 0.25) is 0 Å². The van der Waals surface area contributed by atoms with Gasteiger partial charge in [0.05, 0.1) is 29.7 Å². The first-order valence-corrected chi connectivity index (χ1v) is 4.69. The molecule has 0 saturated carbocycles. The van der Waals surface area contributed by atoms with E-state index in [9.17, 15) is 0 Å². The Morgan fingerprint density at radius 2 is 2.06 bits per heavy atom. The standard InChI is InChI=1S/C9H9N7/c1-15-8-7(3-13-15)9(12-5-11-8)16-4-6(10)2-14-16/h2-5H,10H2,1H3. The number of anilines is 1. The maximum absolute atomic E-state index is 5.62. The molecule has 2 N–H and O–H groups in total. The number of nitrogens with zero attached hydrogens (tertiary/aromatic N) is 6. The van der Waals surface area contributed by atoms with E-state index in [0.29, 0.717) is 11.5 Å². The van der Waals surface area contributed by atoms with Crippen LogP contribution >= 0.6 is 0 Å². The molecular formula is C9H9N7. The highest BCUT2D eigenvalue weighted by Crippen LogP contribution is 2.17. The van der Waals surface area contributed by atoms with Gasteiger partial charge in [0.25, 0.3) is 0 Å². The second-order valence-corrected chi connectivity index (χ2v) is 3.42. The van der Waals surface area contributed by atoms with Gasteiger partial charge < -0.3 is 5.73 Å². The lowest BCUT2D eigenvalue weighted by Gasteiger charge is -2.00. The summed E-state index contributed by atoms with van der Waals surface area (Å²) in [6.07, 6.45) is 6.47. The lowest BCUT2D eigenvalue weighted by molar-refractivity contribution is 0.784. The molecule has 7 heteroatoms. The van der Waals surface area contributed by atoms with Gasteiger partial charge in [-0.25, -0.2) is 14.6 Å². The number of aromatic nitrogens is 6. The summed E-state index contributed by atoms with van der Waals surface area (Å²) < 4.78 is 3.30. The summed E-state index contributed by atoms with van der Waals surface area (Å²) in [7, 11) is 1.83. The molecule has 3 heterocycles. The quantitative estimate of drug-likeness (QED) is 0.623. The molecule has 7 nitrogen and oxygen atoms in total. The first-order chi connectivity index (χ1) is 7.75. The minimum atomic E-state index is 0.593. The highest BCUT2D eigenvalue weighted by Gasteiger charge is 2.09. The van der Waals surface area contributed by atoms with Crippen LogP contribution in [-0.2, 0) is 7.05 Å². The summed E-state index contributed by atoms with van der Waals surface area (Å²) in [5.41, 5.74) is 6.97. The van der Waals surface area contributed by atoms with E-state index >= 15 is 0 Å². The molecule has 0 radical (unpaired) electrons. The highest BCUT2D eigenvalue weighted by atomic mass is 15.3. The van der Waals surface area contributed by atoms with Gasteiger partial charge in [-0.05, 0) is 0 Å². The van der Waals surface area contributed by atoms with Crippen LogP contribution in [0.3, 0.4) is 0 Å². The molecule has 0 bridgehead atoms. The van der Waals surface area contributed by atoms with Crippen molar-refractivity contribution in [3.05, 3.63) is 24.9 Å². The molecule has 3 aromatic rings. The van der Waals surface area contributed by atoms with Gasteiger partial charge in [0, 0.05) is 7.05 Å². The second-order valence-electron chi connectivity index (χ2n) is 3.42. The van der Waals surface area contributed by atoms with Gasteiger partial charge in [-0.1, -0.05) is 0 Å². The summed E-state index contributed by atoms with van der Waals surface area (Å²) >= 11 is 0. The number of aryl methyl sites for hydroxylation is 1. The van der Waals surface area contributed by atoms with Crippen LogP contribution in [0, 0.1) is 0 Å². The van der Waals surface area contributed by atoms with Crippen LogP contribution in [0.15, 0.2) is 24.9 Å². The van der Waals surface area contributed by atoms with Gasteiger partial charge in [0.15, 0.2) is 11.5 Å². The van der Waals surface area contributed by atoms with Crippen molar-refractivity contribution in [2.45, 2.75) is 0 Å². The van der Waals surface area contributed by atoms with Crippen LogP contribution in [-0.4, -0.2) is 29.5 Å². The minimum absolute atomic E-state index is 0.593. The van der Waals surface area contributed by atoms with Crippen molar-refractivity contribution in [3.63, 3.8) is 0 Å². The van der Waals surface area contributed by atoms with Crippen molar-refractivity contribution in [1.82, 2.24) is 29.5 Å². The van der Waals surface area contributed by atoms with Crippen molar-refractivity contribution < 1.29 is 0 Å². The Kier molecular flexibility index (Phi) is 1.67. The molecular weight excluding hydrogens is 206 g/mol. The fourth-order valence-corrected chi connectivity index (χ4v) is 1.58. The predicted molar refractivity (Wildman–Crippen MR) is 57.8 cm³/mol. The molecule has 3 aromatic heterocycles. The molecule has 16 heavy (non-hydrogen) atoms. The summed E-state index contributed by atoms with van der Waals surface area (Å²) in [5, 5.41) is 9.08. The number of nitrogens with two attached hydrogens (primary N) is 1. The topological polar surface area (TPSA) is 87.4 Å². The van der Waals surface area contributed by atoms with E-state index in [1.54, 1.807) is 28.0 Å². The second kappa shape index (κ2) is 3.02. The maximum atomic E-state index is 5.62. The van der Waals surface area contributed by atoms with E-state index in [2.05, 4.69) is 20.2 Å². The zero-order valence-corrected chi connectivity index (χ0v) is 8.57. The number of rotatable bonds is 1. The third-order valence-corrected chi connectivity index (χ3v) is 2.33. The maximum Gasteiger partial charge on any atom is 0.167 e. The van der Waals surface area contributed by atoms with Crippen molar-refractivity contribution in [3.8, 4) is 5.82 Å². The van der Waals surface area contributed by atoms with Crippen molar-refractivity contribution >= 4 is 16.7 Å². The van der Waals surface area contributed by atoms with Crippen LogP contribution in [0.5, 0.6) is 0 Å². The first-order valence-electron chi connectivity index (χ1n) is 4.69. The fourth-order valence-electron chi connectivity index (χ4n) is 1.58. The molecule has 0 aliphatic carbocycles. The van der Waals surface area contributed by atoms with E-state index in [-0.39, 0.29) is 0 Å². The lowest BCUT2D eigenvalue weighted by Crippen LogP contribution is -2.00. The average molecular weight is 215 g/mol. The van der Waals surface area contributed by atoms with Gasteiger partial charge >= 0.3 is 0 Å². The smallest absolute Gasteiger partial charge is 0.167 e.